The summed E-state index contributed by atoms with van der Waals surface area (Å²) in [5.74, 6) is 0.0692. The zero-order valence-corrected chi connectivity index (χ0v) is 14.5. The molecule has 1 aromatic heterocycles. The molecule has 0 saturated heterocycles. The Morgan fingerprint density at radius 1 is 0.962 bits per heavy atom. The molecule has 0 saturated carbocycles. The van der Waals surface area contributed by atoms with Crippen LogP contribution in [0.3, 0.4) is 0 Å². The molecule has 134 valence electrons. The van der Waals surface area contributed by atoms with Gasteiger partial charge in [-0.05, 0) is 47.2 Å². The number of carbonyl (C=O) groups excluding carboxylic acids is 1. The molecule has 0 atom stereocenters. The van der Waals surface area contributed by atoms with Gasteiger partial charge in [0.1, 0.15) is 0 Å². The zero-order chi connectivity index (χ0) is 17.9. The Morgan fingerprint density at radius 2 is 1.77 bits per heavy atom. The highest BCUT2D eigenvalue weighted by atomic mass is 16.1. The summed E-state index contributed by atoms with van der Waals surface area (Å²) in [6.45, 7) is 2.42. The standard InChI is InChI=1S/C20H22N4O2/c25-19(22-10-14-4-6-15-11-21-12-16(15)8-14)3-1-2-13-5-7-17-18(9-13)24-20(26)23-17/h4-9,21H,1-3,10-12H2,(H,22,25)(H2,23,24,26). The van der Waals surface area contributed by atoms with Crippen LogP contribution in [0.5, 0.6) is 0 Å². The number of carbonyl (C=O) groups is 1. The van der Waals surface area contributed by atoms with Gasteiger partial charge < -0.3 is 20.6 Å². The van der Waals surface area contributed by atoms with Crippen molar-refractivity contribution >= 4 is 16.9 Å². The van der Waals surface area contributed by atoms with E-state index >= 15 is 0 Å². The minimum Gasteiger partial charge on any atom is -0.352 e. The molecule has 0 fully saturated rings. The molecule has 6 heteroatoms. The maximum Gasteiger partial charge on any atom is 0.323 e. The van der Waals surface area contributed by atoms with Gasteiger partial charge in [-0.2, -0.15) is 0 Å². The summed E-state index contributed by atoms with van der Waals surface area (Å²) < 4.78 is 0. The molecule has 4 rings (SSSR count). The van der Waals surface area contributed by atoms with Crippen molar-refractivity contribution in [3.05, 3.63) is 69.1 Å². The lowest BCUT2D eigenvalue weighted by Gasteiger charge is -2.07. The van der Waals surface area contributed by atoms with E-state index in [1.807, 2.05) is 18.2 Å². The van der Waals surface area contributed by atoms with Gasteiger partial charge in [0.25, 0.3) is 0 Å². The van der Waals surface area contributed by atoms with Gasteiger partial charge in [0, 0.05) is 26.1 Å². The van der Waals surface area contributed by atoms with Gasteiger partial charge in [0.2, 0.25) is 5.91 Å². The fourth-order valence-corrected chi connectivity index (χ4v) is 3.44. The third-order valence-corrected chi connectivity index (χ3v) is 4.84. The third kappa shape index (κ3) is 3.70. The number of nitrogens with one attached hydrogen (secondary N) is 4. The molecule has 26 heavy (non-hydrogen) atoms. The Balaban J connectivity index is 1.25. The number of hydrogen-bond acceptors (Lipinski definition) is 3. The van der Waals surface area contributed by atoms with Crippen molar-refractivity contribution in [2.75, 3.05) is 0 Å². The van der Waals surface area contributed by atoms with E-state index in [0.717, 1.165) is 48.1 Å². The fraction of sp³-hybridized carbons (Fsp3) is 0.300. The number of aryl methyl sites for hydroxylation is 1. The van der Waals surface area contributed by atoms with Crippen molar-refractivity contribution in [3.8, 4) is 0 Å². The Kier molecular flexibility index (Phi) is 4.58. The van der Waals surface area contributed by atoms with Crippen LogP contribution in [0.2, 0.25) is 0 Å². The predicted octanol–water partition coefficient (Wildman–Crippen LogP) is 2.10. The first-order chi connectivity index (χ1) is 12.7. The summed E-state index contributed by atoms with van der Waals surface area (Å²) in [7, 11) is 0. The highest BCUT2D eigenvalue weighted by molar-refractivity contribution is 5.76. The highest BCUT2D eigenvalue weighted by Crippen LogP contribution is 2.17. The first kappa shape index (κ1) is 16.6. The third-order valence-electron chi connectivity index (χ3n) is 4.84. The maximum absolute atomic E-state index is 12.1. The second kappa shape index (κ2) is 7.17. The molecule has 0 aliphatic carbocycles. The second-order valence-electron chi connectivity index (χ2n) is 6.80. The Bertz CT molecular complexity index is 1000. The van der Waals surface area contributed by atoms with Crippen molar-refractivity contribution in [1.82, 2.24) is 20.6 Å². The summed E-state index contributed by atoms with van der Waals surface area (Å²) in [4.78, 5) is 28.9. The van der Waals surface area contributed by atoms with Gasteiger partial charge >= 0.3 is 5.69 Å². The number of hydrogen-bond donors (Lipinski definition) is 4. The lowest BCUT2D eigenvalue weighted by Crippen LogP contribution is -2.22. The van der Waals surface area contributed by atoms with Crippen LogP contribution in [0.1, 0.15) is 35.1 Å². The van der Waals surface area contributed by atoms with Gasteiger partial charge in [-0.25, -0.2) is 4.79 Å². The number of aromatic nitrogens is 2. The topological polar surface area (TPSA) is 89.8 Å². The van der Waals surface area contributed by atoms with Crippen LogP contribution in [0.15, 0.2) is 41.2 Å². The van der Waals surface area contributed by atoms with Crippen molar-refractivity contribution in [2.45, 2.75) is 38.9 Å². The molecule has 0 spiro atoms. The van der Waals surface area contributed by atoms with Crippen molar-refractivity contribution in [1.29, 1.82) is 0 Å². The smallest absolute Gasteiger partial charge is 0.323 e. The molecule has 1 amide bonds. The van der Waals surface area contributed by atoms with E-state index in [1.165, 1.54) is 11.1 Å². The number of amides is 1. The van der Waals surface area contributed by atoms with Crippen LogP contribution < -0.4 is 16.3 Å². The van der Waals surface area contributed by atoms with Crippen LogP contribution in [-0.2, 0) is 30.8 Å². The van der Waals surface area contributed by atoms with Crippen LogP contribution in [0.4, 0.5) is 0 Å². The lowest BCUT2D eigenvalue weighted by atomic mass is 10.1. The van der Waals surface area contributed by atoms with E-state index in [0.29, 0.717) is 13.0 Å². The first-order valence-corrected chi connectivity index (χ1v) is 8.96. The Morgan fingerprint density at radius 3 is 2.69 bits per heavy atom. The lowest BCUT2D eigenvalue weighted by molar-refractivity contribution is -0.121. The molecule has 4 N–H and O–H groups in total. The molecule has 0 radical (unpaired) electrons. The number of rotatable bonds is 6. The van der Waals surface area contributed by atoms with Gasteiger partial charge in [0.15, 0.2) is 0 Å². The predicted molar refractivity (Wildman–Crippen MR) is 101 cm³/mol. The SMILES string of the molecule is O=C(CCCc1ccc2[nH]c(=O)[nH]c2c1)NCc1ccc2c(c1)CNC2. The van der Waals surface area contributed by atoms with Crippen LogP contribution >= 0.6 is 0 Å². The summed E-state index contributed by atoms with van der Waals surface area (Å²) in [5, 5.41) is 6.32. The molecule has 2 heterocycles. The van der Waals surface area contributed by atoms with Crippen molar-refractivity contribution in [2.24, 2.45) is 0 Å². The molecular formula is C20H22N4O2. The van der Waals surface area contributed by atoms with E-state index in [-0.39, 0.29) is 11.6 Å². The minimum absolute atomic E-state index is 0.0692. The summed E-state index contributed by atoms with van der Waals surface area (Å²) in [5.41, 5.74) is 6.35. The molecule has 1 aliphatic rings. The number of H-pyrrole nitrogens is 2. The molecular weight excluding hydrogens is 328 g/mol. The van der Waals surface area contributed by atoms with E-state index < -0.39 is 0 Å². The van der Waals surface area contributed by atoms with E-state index in [2.05, 4.69) is 38.8 Å². The quantitative estimate of drug-likeness (QED) is 0.549. The number of benzene rings is 2. The Labute approximate surface area is 151 Å². The van der Waals surface area contributed by atoms with Gasteiger partial charge in [-0.15, -0.1) is 0 Å². The van der Waals surface area contributed by atoms with E-state index in [9.17, 15) is 9.59 Å². The largest absolute Gasteiger partial charge is 0.352 e. The monoisotopic (exact) mass is 350 g/mol. The fourth-order valence-electron chi connectivity index (χ4n) is 3.44. The normalized spacial score (nSPS) is 13.1. The highest BCUT2D eigenvalue weighted by Gasteiger charge is 2.10. The Hall–Kier alpha value is -2.86. The van der Waals surface area contributed by atoms with Crippen molar-refractivity contribution in [3.63, 3.8) is 0 Å². The summed E-state index contributed by atoms with van der Waals surface area (Å²) >= 11 is 0. The average molecular weight is 350 g/mol. The summed E-state index contributed by atoms with van der Waals surface area (Å²) in [6, 6.07) is 12.2. The molecule has 1 aliphatic heterocycles. The molecule has 2 aromatic carbocycles. The molecule has 0 unspecified atom stereocenters. The second-order valence-corrected chi connectivity index (χ2v) is 6.80. The van der Waals surface area contributed by atoms with Gasteiger partial charge in [-0.3, -0.25) is 4.79 Å². The molecule has 3 aromatic rings. The molecule has 6 nitrogen and oxygen atoms in total. The summed E-state index contributed by atoms with van der Waals surface area (Å²) in [6.07, 6.45) is 2.08. The van der Waals surface area contributed by atoms with E-state index in [4.69, 9.17) is 0 Å². The minimum atomic E-state index is -0.195. The van der Waals surface area contributed by atoms with Gasteiger partial charge in [0.05, 0.1) is 11.0 Å². The number of imidazole rings is 1. The van der Waals surface area contributed by atoms with Crippen LogP contribution in [0, 0.1) is 0 Å². The van der Waals surface area contributed by atoms with E-state index in [1.54, 1.807) is 0 Å². The van der Waals surface area contributed by atoms with Gasteiger partial charge in [-0.1, -0.05) is 24.3 Å². The molecule has 0 bridgehead atoms. The van der Waals surface area contributed by atoms with Crippen LogP contribution in [0.25, 0.3) is 11.0 Å². The average Bonchev–Trinajstić information content (AvgIpc) is 3.24. The maximum atomic E-state index is 12.1. The van der Waals surface area contributed by atoms with Crippen LogP contribution in [-0.4, -0.2) is 15.9 Å². The number of aromatic amines is 2. The first-order valence-electron chi connectivity index (χ1n) is 8.96. The number of fused-ring (bicyclic) bond motifs is 2. The van der Waals surface area contributed by atoms with Crippen molar-refractivity contribution < 1.29 is 4.79 Å². The zero-order valence-electron chi connectivity index (χ0n) is 14.5.